The van der Waals surface area contributed by atoms with Crippen LogP contribution in [0.2, 0.25) is 0 Å². The topological polar surface area (TPSA) is 147 Å². The fraction of sp³-hybridized carbons (Fsp3) is 0. The van der Waals surface area contributed by atoms with E-state index in [1.807, 2.05) is 0 Å². The largest absolute Gasteiger partial charge is 0.434 e. The van der Waals surface area contributed by atoms with Gasteiger partial charge >= 0.3 is 0 Å². The lowest BCUT2D eigenvalue weighted by Crippen LogP contribution is -2.03. The van der Waals surface area contributed by atoms with E-state index < -0.39 is 78.5 Å². The number of hydrogen-bond acceptors (Lipinski definition) is 8. The Morgan fingerprint density at radius 3 is 1.23 bits per heavy atom. The van der Waals surface area contributed by atoms with Crippen LogP contribution in [-0.4, -0.2) is 9.97 Å². The molecule has 0 aliphatic carbocycles. The van der Waals surface area contributed by atoms with E-state index >= 15 is 0 Å². The molecule has 0 fully saturated rings. The molecule has 0 amide bonds. The molecule has 0 saturated carbocycles. The second-order valence-corrected chi connectivity index (χ2v) is 5.60. The summed E-state index contributed by atoms with van der Waals surface area (Å²) in [6.45, 7) is 0. The van der Waals surface area contributed by atoms with Gasteiger partial charge in [0.2, 0.25) is 11.1 Å². The molecule has 0 unspecified atom stereocenters. The first-order chi connectivity index (χ1) is 14.4. The Kier molecular flexibility index (Phi) is 3.87. The van der Waals surface area contributed by atoms with E-state index in [1.54, 1.807) is 0 Å². The maximum atomic E-state index is 14.8. The molecule has 4 rings (SSSR count). The molecule has 0 atom stereocenters. The molecular weight excluding hydrogens is 408 g/mol. The monoisotopic (exact) mass is 408 g/mol. The minimum Gasteiger partial charge on any atom is -0.434 e. The van der Waals surface area contributed by atoms with Crippen molar-refractivity contribution >= 4 is 44.1 Å². The number of oxazole rings is 2. The number of nitrogens with zero attached hydrogens (tertiary/aromatic N) is 6. The number of benzene rings is 2. The Bertz CT molecular complexity index is 1580. The second-order valence-electron chi connectivity index (χ2n) is 5.60. The average molecular weight is 408 g/mol. The van der Waals surface area contributed by atoms with Gasteiger partial charge in [0.1, 0.15) is 35.3 Å². The van der Waals surface area contributed by atoms with Gasteiger partial charge in [0, 0.05) is 0 Å². The molecule has 0 spiro atoms. The Morgan fingerprint density at radius 1 is 0.600 bits per heavy atom. The van der Waals surface area contributed by atoms with Crippen LogP contribution in [0, 0.1) is 68.6 Å². The summed E-state index contributed by atoms with van der Waals surface area (Å²) in [5.41, 5.74) is -6.26. The highest BCUT2D eigenvalue weighted by Crippen LogP contribution is 2.37. The summed E-state index contributed by atoms with van der Waals surface area (Å²) in [6, 6.07) is 5.67. The van der Waals surface area contributed by atoms with Gasteiger partial charge in [-0.2, -0.15) is 21.0 Å². The van der Waals surface area contributed by atoms with Crippen LogP contribution in [-0.2, 0) is 0 Å². The van der Waals surface area contributed by atoms with E-state index in [-0.39, 0.29) is 0 Å². The molecule has 2 heterocycles. The predicted molar refractivity (Wildman–Crippen MR) is 87.4 cm³/mol. The quantitative estimate of drug-likeness (QED) is 0.402. The summed E-state index contributed by atoms with van der Waals surface area (Å²) in [5, 5.41) is 33.7. The van der Waals surface area contributed by atoms with Gasteiger partial charge in [-0.25, -0.2) is 27.5 Å². The van der Waals surface area contributed by atoms with E-state index in [9.17, 15) is 17.6 Å². The third-order valence-corrected chi connectivity index (χ3v) is 4.07. The van der Waals surface area contributed by atoms with Gasteiger partial charge < -0.3 is 8.83 Å². The molecule has 30 heavy (non-hydrogen) atoms. The van der Waals surface area contributed by atoms with Crippen LogP contribution >= 0.6 is 0 Å². The highest BCUT2D eigenvalue weighted by atomic mass is 19.2. The number of hydrogen-bond donors (Lipinski definition) is 0. The molecule has 0 N–H and O–H groups in total. The van der Waals surface area contributed by atoms with Crippen LogP contribution < -0.4 is 11.1 Å². The molecule has 8 nitrogen and oxygen atoms in total. The third kappa shape index (κ3) is 2.22. The summed E-state index contributed by atoms with van der Waals surface area (Å²) in [6.07, 6.45) is 0. The molecule has 0 radical (unpaired) electrons. The second kappa shape index (κ2) is 6.30. The maximum absolute atomic E-state index is 14.8. The molecule has 0 aliphatic rings. The SMILES string of the molecule is N#CC(C#N)=c1nc2c(F)c(F)c3c4oc(=C(C#N)C#N)nc4c(F)c(F)c3c2o1. The lowest BCUT2D eigenvalue weighted by Gasteiger charge is -2.04. The Balaban J connectivity index is 2.39. The molecule has 142 valence electrons. The van der Waals surface area contributed by atoms with Gasteiger partial charge in [0.15, 0.2) is 45.6 Å². The molecule has 0 bridgehead atoms. The van der Waals surface area contributed by atoms with E-state index in [2.05, 4.69) is 9.97 Å². The minimum absolute atomic E-state index is 0.717. The van der Waals surface area contributed by atoms with Crippen LogP contribution in [0.4, 0.5) is 17.6 Å². The van der Waals surface area contributed by atoms with E-state index in [4.69, 9.17) is 29.9 Å². The van der Waals surface area contributed by atoms with E-state index in [0.29, 0.717) is 0 Å². The van der Waals surface area contributed by atoms with Crippen LogP contribution in [0.1, 0.15) is 0 Å². The lowest BCUT2D eigenvalue weighted by molar-refractivity contribution is 0.509. The van der Waals surface area contributed by atoms with Crippen LogP contribution in [0.3, 0.4) is 0 Å². The number of nitriles is 4. The standard InChI is InChI=1S/C18F4N6O2/c19-9-7-8(16-14(12(9)22)28-18(30-16)6(3-25)4-26)10(20)11(21)13-15(7)29-17(27-13)5(1-23)2-24. The van der Waals surface area contributed by atoms with Gasteiger partial charge in [-0.05, 0) is 0 Å². The van der Waals surface area contributed by atoms with E-state index in [1.165, 1.54) is 24.3 Å². The van der Waals surface area contributed by atoms with Crippen molar-refractivity contribution in [2.24, 2.45) is 0 Å². The number of halogens is 4. The van der Waals surface area contributed by atoms with Gasteiger partial charge in [0.05, 0.1) is 10.8 Å². The predicted octanol–water partition coefficient (Wildman–Crippen LogP) is 2.07. The van der Waals surface area contributed by atoms with Crippen LogP contribution in [0.5, 0.6) is 0 Å². The molecule has 12 heteroatoms. The van der Waals surface area contributed by atoms with Crippen LogP contribution in [0.15, 0.2) is 8.83 Å². The molecule has 4 aromatic rings. The normalized spacial score (nSPS) is 10.5. The molecule has 2 aromatic carbocycles. The fourth-order valence-electron chi connectivity index (χ4n) is 2.81. The summed E-state index contributed by atoms with van der Waals surface area (Å²) in [7, 11) is 0. The first-order valence-electron chi connectivity index (χ1n) is 7.61. The molecular formula is C18F4N6O2. The Labute approximate surface area is 161 Å². The van der Waals surface area contributed by atoms with Crippen molar-refractivity contribution in [1.29, 1.82) is 21.0 Å². The maximum Gasteiger partial charge on any atom is 0.249 e. The van der Waals surface area contributed by atoms with Gasteiger partial charge in [0.25, 0.3) is 0 Å². The molecule has 0 saturated heterocycles. The zero-order valence-electron chi connectivity index (χ0n) is 14.0. The molecule has 0 aliphatic heterocycles. The third-order valence-electron chi connectivity index (χ3n) is 4.07. The number of aromatic nitrogens is 2. The lowest BCUT2D eigenvalue weighted by atomic mass is 10.1. The van der Waals surface area contributed by atoms with Crippen molar-refractivity contribution in [1.82, 2.24) is 9.97 Å². The Hall–Kier alpha value is -4.94. The fourth-order valence-corrected chi connectivity index (χ4v) is 2.81. The number of fused-ring (bicyclic) bond motifs is 5. The summed E-state index contributed by atoms with van der Waals surface area (Å²) in [5.74, 6) is -6.74. The number of rotatable bonds is 0. The zero-order valence-corrected chi connectivity index (χ0v) is 14.0. The Morgan fingerprint density at radius 2 is 0.933 bits per heavy atom. The first-order valence-corrected chi connectivity index (χ1v) is 7.61. The van der Waals surface area contributed by atoms with Crippen molar-refractivity contribution in [3.05, 3.63) is 34.4 Å². The van der Waals surface area contributed by atoms with Crippen molar-refractivity contribution in [3.63, 3.8) is 0 Å². The van der Waals surface area contributed by atoms with Crippen molar-refractivity contribution < 1.29 is 26.4 Å². The van der Waals surface area contributed by atoms with Crippen LogP contribution in [0.25, 0.3) is 44.1 Å². The van der Waals surface area contributed by atoms with Gasteiger partial charge in [-0.15, -0.1) is 0 Å². The van der Waals surface area contributed by atoms with Crippen molar-refractivity contribution in [2.75, 3.05) is 0 Å². The van der Waals surface area contributed by atoms with Crippen molar-refractivity contribution in [2.45, 2.75) is 0 Å². The minimum atomic E-state index is -1.71. The first kappa shape index (κ1) is 18.4. The van der Waals surface area contributed by atoms with Crippen molar-refractivity contribution in [3.8, 4) is 24.3 Å². The average Bonchev–Trinajstić information content (AvgIpc) is 3.36. The van der Waals surface area contributed by atoms with E-state index in [0.717, 1.165) is 0 Å². The van der Waals surface area contributed by atoms with Gasteiger partial charge in [-0.1, -0.05) is 0 Å². The molecule has 2 aromatic heterocycles. The van der Waals surface area contributed by atoms with Gasteiger partial charge in [-0.3, -0.25) is 0 Å². The highest BCUT2D eigenvalue weighted by Gasteiger charge is 2.29. The zero-order chi connectivity index (χ0) is 21.7. The summed E-state index contributed by atoms with van der Waals surface area (Å²) < 4.78 is 69.0. The highest BCUT2D eigenvalue weighted by molar-refractivity contribution is 6.13. The smallest absolute Gasteiger partial charge is 0.249 e. The summed E-state index contributed by atoms with van der Waals surface area (Å²) in [4.78, 5) is 6.97. The summed E-state index contributed by atoms with van der Waals surface area (Å²) >= 11 is 0.